The van der Waals surface area contributed by atoms with Gasteiger partial charge in [0, 0.05) is 5.56 Å². The number of alkyl halides is 2. The van der Waals surface area contributed by atoms with Gasteiger partial charge in [-0.1, -0.05) is 24.3 Å². The highest BCUT2D eigenvalue weighted by Crippen LogP contribution is 2.18. The zero-order chi connectivity index (χ0) is 9.84. The van der Waals surface area contributed by atoms with E-state index in [1.54, 1.807) is 0 Å². The van der Waals surface area contributed by atoms with Crippen molar-refractivity contribution >= 4 is 5.97 Å². The van der Waals surface area contributed by atoms with Gasteiger partial charge in [-0.3, -0.25) is 4.79 Å². The predicted octanol–water partition coefficient (Wildman–Crippen LogP) is 2.25. The second-order valence-corrected chi connectivity index (χ2v) is 2.61. The lowest BCUT2D eigenvalue weighted by molar-refractivity contribution is -0.136. The second kappa shape index (κ2) is 3.98. The monoisotopic (exact) mass is 186 g/mol. The van der Waals surface area contributed by atoms with Crippen molar-refractivity contribution in [3.05, 3.63) is 35.4 Å². The first-order valence-corrected chi connectivity index (χ1v) is 3.68. The minimum Gasteiger partial charge on any atom is -0.481 e. The number of rotatable bonds is 3. The molecule has 1 aromatic carbocycles. The maximum Gasteiger partial charge on any atom is 0.307 e. The summed E-state index contributed by atoms with van der Waals surface area (Å²) in [6.45, 7) is 0. The average molecular weight is 186 g/mol. The Morgan fingerprint density at radius 2 is 1.85 bits per heavy atom. The summed E-state index contributed by atoms with van der Waals surface area (Å²) in [6, 6.07) is 5.27. The summed E-state index contributed by atoms with van der Waals surface area (Å²) in [4.78, 5) is 10.2. The second-order valence-electron chi connectivity index (χ2n) is 2.61. The van der Waals surface area contributed by atoms with E-state index in [0.717, 1.165) is 0 Å². The van der Waals surface area contributed by atoms with Crippen molar-refractivity contribution in [1.29, 1.82) is 0 Å². The van der Waals surface area contributed by atoms with E-state index >= 15 is 0 Å². The third-order valence-electron chi connectivity index (χ3n) is 1.59. The molecule has 0 aromatic heterocycles. The molecule has 0 radical (unpaired) electrons. The van der Waals surface area contributed by atoms with E-state index in [0.29, 0.717) is 5.56 Å². The summed E-state index contributed by atoms with van der Waals surface area (Å²) in [6.07, 6.45) is -2.64. The molecule has 0 amide bonds. The van der Waals surface area contributed by atoms with Crippen molar-refractivity contribution in [3.8, 4) is 0 Å². The third-order valence-corrected chi connectivity index (χ3v) is 1.59. The lowest BCUT2D eigenvalue weighted by Crippen LogP contribution is -1.99. The number of hydrogen-bond donors (Lipinski definition) is 1. The molecular formula is C9H8F2O2. The Bertz CT molecular complexity index is 293. The minimum atomic E-state index is -2.50. The molecule has 70 valence electrons. The number of hydrogen-bond acceptors (Lipinski definition) is 1. The van der Waals surface area contributed by atoms with E-state index in [1.165, 1.54) is 24.3 Å². The van der Waals surface area contributed by atoms with Crippen molar-refractivity contribution in [3.63, 3.8) is 0 Å². The van der Waals surface area contributed by atoms with Crippen LogP contribution in [-0.4, -0.2) is 11.1 Å². The lowest BCUT2D eigenvalue weighted by Gasteiger charge is -2.00. The molecule has 0 unspecified atom stereocenters. The first kappa shape index (κ1) is 9.64. The van der Waals surface area contributed by atoms with E-state index in [2.05, 4.69) is 0 Å². The number of benzene rings is 1. The van der Waals surface area contributed by atoms with Crippen LogP contribution in [0.15, 0.2) is 24.3 Å². The topological polar surface area (TPSA) is 37.3 Å². The smallest absolute Gasteiger partial charge is 0.307 e. The highest BCUT2D eigenvalue weighted by Gasteiger charge is 2.06. The lowest BCUT2D eigenvalue weighted by atomic mass is 10.1. The van der Waals surface area contributed by atoms with E-state index in [4.69, 9.17) is 5.11 Å². The van der Waals surface area contributed by atoms with Crippen LogP contribution in [0.4, 0.5) is 8.78 Å². The van der Waals surface area contributed by atoms with Gasteiger partial charge >= 0.3 is 5.97 Å². The van der Waals surface area contributed by atoms with Gasteiger partial charge in [0.25, 0.3) is 6.43 Å². The number of aliphatic carboxylic acids is 1. The van der Waals surface area contributed by atoms with Gasteiger partial charge in [0.2, 0.25) is 0 Å². The van der Waals surface area contributed by atoms with E-state index in [-0.39, 0.29) is 12.0 Å². The molecule has 2 nitrogen and oxygen atoms in total. The van der Waals surface area contributed by atoms with Crippen LogP contribution in [0.25, 0.3) is 0 Å². The summed E-state index contributed by atoms with van der Waals surface area (Å²) in [7, 11) is 0. The molecule has 0 bridgehead atoms. The minimum absolute atomic E-state index is 0.0888. The molecule has 1 aromatic rings. The highest BCUT2D eigenvalue weighted by molar-refractivity contribution is 5.70. The van der Waals surface area contributed by atoms with E-state index in [1.807, 2.05) is 0 Å². The third kappa shape index (κ3) is 2.82. The first-order valence-electron chi connectivity index (χ1n) is 3.68. The maximum atomic E-state index is 12.0. The van der Waals surface area contributed by atoms with E-state index < -0.39 is 12.4 Å². The van der Waals surface area contributed by atoms with Crippen LogP contribution in [-0.2, 0) is 11.2 Å². The Labute approximate surface area is 73.8 Å². The van der Waals surface area contributed by atoms with Crippen molar-refractivity contribution in [2.45, 2.75) is 12.8 Å². The molecule has 0 fully saturated rings. The van der Waals surface area contributed by atoms with E-state index in [9.17, 15) is 13.6 Å². The predicted molar refractivity (Wildman–Crippen MR) is 42.7 cm³/mol. The quantitative estimate of drug-likeness (QED) is 0.786. The van der Waals surface area contributed by atoms with Crippen molar-refractivity contribution in [2.75, 3.05) is 0 Å². The Hall–Kier alpha value is -1.45. The molecule has 0 saturated carbocycles. The standard InChI is InChI=1S/C9H8F2O2/c10-9(11)7-3-1-6(2-4-7)5-8(12)13/h1-4,9H,5H2,(H,12,13). The van der Waals surface area contributed by atoms with Crippen molar-refractivity contribution in [1.82, 2.24) is 0 Å². The summed E-state index contributed by atoms with van der Waals surface area (Å²) >= 11 is 0. The molecule has 4 heteroatoms. The summed E-state index contributed by atoms with van der Waals surface area (Å²) in [5, 5.41) is 8.40. The van der Waals surface area contributed by atoms with Crippen LogP contribution in [0.1, 0.15) is 17.6 Å². The molecule has 0 aliphatic rings. The molecule has 1 N–H and O–H groups in total. The number of halogens is 2. The van der Waals surface area contributed by atoms with Gasteiger partial charge in [-0.05, 0) is 5.56 Å². The fraction of sp³-hybridized carbons (Fsp3) is 0.222. The first-order chi connectivity index (χ1) is 6.09. The highest BCUT2D eigenvalue weighted by atomic mass is 19.3. The molecule has 13 heavy (non-hydrogen) atoms. The van der Waals surface area contributed by atoms with Crippen LogP contribution in [0.3, 0.4) is 0 Å². The molecule has 0 aliphatic heterocycles. The molecule has 1 rings (SSSR count). The normalized spacial score (nSPS) is 10.4. The fourth-order valence-electron chi connectivity index (χ4n) is 0.956. The molecule has 0 saturated heterocycles. The Kier molecular flexibility index (Phi) is 2.95. The molecule has 0 atom stereocenters. The SMILES string of the molecule is O=C(O)Cc1ccc(C(F)F)cc1. The van der Waals surface area contributed by atoms with Crippen LogP contribution in [0.5, 0.6) is 0 Å². The van der Waals surface area contributed by atoms with Crippen molar-refractivity contribution < 1.29 is 18.7 Å². The van der Waals surface area contributed by atoms with Gasteiger partial charge < -0.3 is 5.11 Å². The Balaban J connectivity index is 2.75. The number of carboxylic acids is 1. The molecular weight excluding hydrogens is 178 g/mol. The Morgan fingerprint density at radius 3 is 2.23 bits per heavy atom. The summed E-state index contributed by atoms with van der Waals surface area (Å²) < 4.78 is 24.1. The van der Waals surface area contributed by atoms with Crippen molar-refractivity contribution in [2.24, 2.45) is 0 Å². The van der Waals surface area contributed by atoms with Crippen LogP contribution < -0.4 is 0 Å². The average Bonchev–Trinajstić information content (AvgIpc) is 2.04. The zero-order valence-electron chi connectivity index (χ0n) is 6.71. The fourth-order valence-corrected chi connectivity index (χ4v) is 0.956. The maximum absolute atomic E-state index is 12.0. The molecule has 0 aliphatic carbocycles. The number of carbonyl (C=O) groups is 1. The van der Waals surface area contributed by atoms with Crippen LogP contribution in [0, 0.1) is 0 Å². The van der Waals surface area contributed by atoms with Gasteiger partial charge in [0.05, 0.1) is 6.42 Å². The summed E-state index contributed by atoms with van der Waals surface area (Å²) in [5.41, 5.74) is 0.436. The molecule has 0 spiro atoms. The summed E-state index contributed by atoms with van der Waals surface area (Å²) in [5.74, 6) is -0.968. The van der Waals surface area contributed by atoms with Gasteiger partial charge in [-0.25, -0.2) is 8.78 Å². The van der Waals surface area contributed by atoms with Crippen LogP contribution in [0.2, 0.25) is 0 Å². The zero-order valence-corrected chi connectivity index (χ0v) is 6.71. The van der Waals surface area contributed by atoms with Gasteiger partial charge in [-0.15, -0.1) is 0 Å². The number of carboxylic acid groups (broad SMARTS) is 1. The van der Waals surface area contributed by atoms with Gasteiger partial charge in [-0.2, -0.15) is 0 Å². The van der Waals surface area contributed by atoms with Crippen LogP contribution >= 0.6 is 0 Å². The van der Waals surface area contributed by atoms with Gasteiger partial charge in [0.1, 0.15) is 0 Å². The molecule has 0 heterocycles. The largest absolute Gasteiger partial charge is 0.481 e. The van der Waals surface area contributed by atoms with Gasteiger partial charge in [0.15, 0.2) is 0 Å². The Morgan fingerprint density at radius 1 is 1.31 bits per heavy atom.